The zero-order valence-corrected chi connectivity index (χ0v) is 14.1. The van der Waals surface area contributed by atoms with Gasteiger partial charge in [0.25, 0.3) is 0 Å². The minimum atomic E-state index is -0.812. The molecule has 0 radical (unpaired) electrons. The monoisotopic (exact) mass is 341 g/mol. The minimum Gasteiger partial charge on any atom is -0.481 e. The van der Waals surface area contributed by atoms with E-state index in [0.717, 1.165) is 43.5 Å². The van der Waals surface area contributed by atoms with E-state index in [2.05, 4.69) is 10.2 Å². The van der Waals surface area contributed by atoms with Crippen LogP contribution in [-0.4, -0.2) is 45.2 Å². The van der Waals surface area contributed by atoms with Crippen LogP contribution in [0, 0.1) is 5.92 Å². The third kappa shape index (κ3) is 4.92. The molecule has 1 aromatic heterocycles. The largest absolute Gasteiger partial charge is 0.481 e. The molecule has 0 spiro atoms. The predicted octanol–water partition coefficient (Wildman–Crippen LogP) is 2.06. The van der Waals surface area contributed by atoms with E-state index in [9.17, 15) is 9.59 Å². The van der Waals surface area contributed by atoms with Gasteiger partial charge in [0.1, 0.15) is 0 Å². The summed E-state index contributed by atoms with van der Waals surface area (Å²) in [5.74, 6) is -0.128. The Bertz CT molecular complexity index is 710. The summed E-state index contributed by atoms with van der Waals surface area (Å²) >= 11 is 0. The summed E-state index contributed by atoms with van der Waals surface area (Å²) in [6.45, 7) is 1.63. The smallest absolute Gasteiger partial charge is 0.307 e. The van der Waals surface area contributed by atoms with Crippen molar-refractivity contribution in [3.63, 3.8) is 0 Å². The van der Waals surface area contributed by atoms with Gasteiger partial charge in [-0.05, 0) is 41.9 Å². The molecule has 6 heteroatoms. The van der Waals surface area contributed by atoms with Crippen LogP contribution >= 0.6 is 0 Å². The maximum atomic E-state index is 12.3. The highest BCUT2D eigenvalue weighted by molar-refractivity contribution is 5.76. The van der Waals surface area contributed by atoms with Crippen LogP contribution in [0.1, 0.15) is 29.5 Å². The third-order valence-corrected chi connectivity index (χ3v) is 4.72. The molecule has 2 heterocycles. The number of aromatic amines is 1. The zero-order valence-electron chi connectivity index (χ0n) is 14.1. The number of amides is 1. The quantitative estimate of drug-likeness (QED) is 0.807. The fraction of sp³-hybridized carbons (Fsp3) is 0.421. The van der Waals surface area contributed by atoms with E-state index in [1.165, 1.54) is 5.56 Å². The van der Waals surface area contributed by atoms with Crippen LogP contribution in [0.25, 0.3) is 0 Å². The van der Waals surface area contributed by atoms with Crippen molar-refractivity contribution in [1.29, 1.82) is 0 Å². The Hall–Kier alpha value is -2.63. The Morgan fingerprint density at radius 1 is 1.20 bits per heavy atom. The number of nitrogens with one attached hydrogen (secondary N) is 1. The average Bonchev–Trinajstić information content (AvgIpc) is 3.26. The second-order valence-electron chi connectivity index (χ2n) is 6.69. The molecule has 1 saturated heterocycles. The lowest BCUT2D eigenvalue weighted by Gasteiger charge is -2.16. The summed E-state index contributed by atoms with van der Waals surface area (Å²) in [7, 11) is 0. The highest BCUT2D eigenvalue weighted by atomic mass is 16.4. The molecule has 3 rings (SSSR count). The van der Waals surface area contributed by atoms with Crippen LogP contribution in [-0.2, 0) is 28.9 Å². The van der Waals surface area contributed by atoms with E-state index < -0.39 is 5.97 Å². The summed E-state index contributed by atoms with van der Waals surface area (Å²) in [6, 6.07) is 7.77. The highest BCUT2D eigenvalue weighted by Gasteiger charge is 2.26. The number of aliphatic carboxylic acids is 1. The van der Waals surface area contributed by atoms with Crippen molar-refractivity contribution >= 4 is 11.9 Å². The molecule has 1 aliphatic rings. The van der Waals surface area contributed by atoms with Crippen LogP contribution in [0.4, 0.5) is 0 Å². The lowest BCUT2D eigenvalue weighted by atomic mass is 9.97. The van der Waals surface area contributed by atoms with Gasteiger partial charge in [-0.25, -0.2) is 0 Å². The fourth-order valence-corrected chi connectivity index (χ4v) is 3.35. The molecule has 2 N–H and O–H groups in total. The first kappa shape index (κ1) is 17.2. The molecule has 1 aromatic carbocycles. The molecule has 25 heavy (non-hydrogen) atoms. The Kier molecular flexibility index (Phi) is 5.48. The molecule has 6 nitrogen and oxygen atoms in total. The van der Waals surface area contributed by atoms with Gasteiger partial charge < -0.3 is 10.0 Å². The van der Waals surface area contributed by atoms with Crippen molar-refractivity contribution in [1.82, 2.24) is 15.1 Å². The van der Waals surface area contributed by atoms with Gasteiger partial charge in [0.15, 0.2) is 0 Å². The van der Waals surface area contributed by atoms with Crippen LogP contribution < -0.4 is 0 Å². The van der Waals surface area contributed by atoms with Gasteiger partial charge in [0.2, 0.25) is 5.91 Å². The number of likely N-dealkylation sites (tertiary alicyclic amines) is 1. The molecule has 132 valence electrons. The second-order valence-corrected chi connectivity index (χ2v) is 6.69. The number of carboxylic acid groups (broad SMARTS) is 1. The number of carbonyl (C=O) groups is 2. The number of aromatic nitrogens is 2. The summed E-state index contributed by atoms with van der Waals surface area (Å²) in [4.78, 5) is 25.0. The lowest BCUT2D eigenvalue weighted by molar-refractivity contribution is -0.136. The maximum absolute atomic E-state index is 12.3. The highest BCUT2D eigenvalue weighted by Crippen LogP contribution is 2.22. The lowest BCUT2D eigenvalue weighted by Crippen LogP contribution is -2.29. The molecule has 1 atom stereocenters. The van der Waals surface area contributed by atoms with Crippen molar-refractivity contribution in [2.24, 2.45) is 5.92 Å². The number of rotatable bonds is 7. The van der Waals surface area contributed by atoms with E-state index in [1.54, 1.807) is 6.20 Å². The molecule has 0 aliphatic carbocycles. The Morgan fingerprint density at radius 2 is 1.96 bits per heavy atom. The minimum absolute atomic E-state index is 0.0582. The first-order chi connectivity index (χ1) is 12.1. The van der Waals surface area contributed by atoms with Gasteiger partial charge in [-0.3, -0.25) is 14.7 Å². The van der Waals surface area contributed by atoms with Crippen molar-refractivity contribution in [3.8, 4) is 0 Å². The van der Waals surface area contributed by atoms with Gasteiger partial charge in [0, 0.05) is 25.7 Å². The van der Waals surface area contributed by atoms with Crippen LogP contribution in [0.3, 0.4) is 0 Å². The molecule has 1 unspecified atom stereocenters. The summed E-state index contributed by atoms with van der Waals surface area (Å²) < 4.78 is 0. The van der Waals surface area contributed by atoms with Crippen molar-refractivity contribution in [2.75, 3.05) is 13.1 Å². The Morgan fingerprint density at radius 3 is 2.64 bits per heavy atom. The van der Waals surface area contributed by atoms with Gasteiger partial charge in [-0.2, -0.15) is 5.10 Å². The summed E-state index contributed by atoms with van der Waals surface area (Å²) in [5, 5.41) is 15.5. The van der Waals surface area contributed by atoms with Crippen LogP contribution in [0.5, 0.6) is 0 Å². The zero-order chi connectivity index (χ0) is 17.6. The second kappa shape index (κ2) is 7.96. The summed E-state index contributed by atoms with van der Waals surface area (Å²) in [6.07, 6.45) is 6.84. The predicted molar refractivity (Wildman–Crippen MR) is 93.1 cm³/mol. The van der Waals surface area contributed by atoms with E-state index in [-0.39, 0.29) is 12.3 Å². The van der Waals surface area contributed by atoms with E-state index in [1.807, 2.05) is 35.4 Å². The van der Waals surface area contributed by atoms with Gasteiger partial charge in [0.05, 0.1) is 12.6 Å². The van der Waals surface area contributed by atoms with Gasteiger partial charge in [-0.15, -0.1) is 0 Å². The molecular weight excluding hydrogens is 318 g/mol. The topological polar surface area (TPSA) is 86.3 Å². The number of H-pyrrole nitrogens is 1. The van der Waals surface area contributed by atoms with Crippen LogP contribution in [0.2, 0.25) is 0 Å². The number of carboxylic acids is 1. The molecule has 1 aliphatic heterocycles. The number of benzene rings is 1. The van der Waals surface area contributed by atoms with Gasteiger partial charge >= 0.3 is 5.97 Å². The van der Waals surface area contributed by atoms with E-state index >= 15 is 0 Å². The van der Waals surface area contributed by atoms with E-state index in [4.69, 9.17) is 5.11 Å². The van der Waals surface area contributed by atoms with Crippen LogP contribution in [0.15, 0.2) is 36.7 Å². The SMILES string of the molecule is O=C(O)Cc1ccc(CC2CCN(C(=O)CCc3cn[nH]c3)C2)cc1. The number of aryl methyl sites for hydroxylation is 1. The molecule has 0 saturated carbocycles. The molecule has 2 aromatic rings. The van der Waals surface area contributed by atoms with Crippen molar-refractivity contribution in [2.45, 2.75) is 32.1 Å². The molecule has 0 bridgehead atoms. The number of carbonyl (C=O) groups excluding carboxylic acids is 1. The van der Waals surface area contributed by atoms with E-state index in [0.29, 0.717) is 12.3 Å². The Balaban J connectivity index is 1.45. The standard InChI is InChI=1S/C19H23N3O3/c23-18(6-5-17-11-20-21-12-17)22-8-7-16(13-22)9-14-1-3-15(4-2-14)10-19(24)25/h1-4,11-12,16H,5-10,13H2,(H,20,21)(H,24,25). The fourth-order valence-electron chi connectivity index (χ4n) is 3.35. The van der Waals surface area contributed by atoms with Crippen molar-refractivity contribution < 1.29 is 14.7 Å². The normalized spacial score (nSPS) is 17.0. The number of hydrogen-bond acceptors (Lipinski definition) is 3. The maximum Gasteiger partial charge on any atom is 0.307 e. The molecule has 1 amide bonds. The molecular formula is C19H23N3O3. The van der Waals surface area contributed by atoms with Gasteiger partial charge in [-0.1, -0.05) is 24.3 Å². The first-order valence-corrected chi connectivity index (χ1v) is 8.65. The summed E-state index contributed by atoms with van der Waals surface area (Å²) in [5.41, 5.74) is 3.08. The Labute approximate surface area is 146 Å². The average molecular weight is 341 g/mol. The van der Waals surface area contributed by atoms with Crippen molar-refractivity contribution in [3.05, 3.63) is 53.3 Å². The molecule has 1 fully saturated rings. The number of hydrogen-bond donors (Lipinski definition) is 2. The first-order valence-electron chi connectivity index (χ1n) is 8.65. The number of nitrogens with zero attached hydrogens (tertiary/aromatic N) is 2. The third-order valence-electron chi connectivity index (χ3n) is 4.72.